The molecule has 0 saturated heterocycles. The van der Waals surface area contributed by atoms with Gasteiger partial charge in [0.05, 0.1) is 11.8 Å². The Labute approximate surface area is 94.8 Å². The Morgan fingerprint density at radius 2 is 2.27 bits per heavy atom. The van der Waals surface area contributed by atoms with Crippen LogP contribution in [0.25, 0.3) is 0 Å². The fourth-order valence-corrected chi connectivity index (χ4v) is 1.74. The number of alkyl halides is 1. The van der Waals surface area contributed by atoms with E-state index in [1.165, 1.54) is 6.26 Å². The molecule has 0 aliphatic rings. The summed E-state index contributed by atoms with van der Waals surface area (Å²) in [6.45, 7) is 5.61. The molecule has 0 aliphatic carbocycles. The summed E-state index contributed by atoms with van der Waals surface area (Å²) in [5, 5.41) is 2.93. The van der Waals surface area contributed by atoms with Crippen LogP contribution in [0.2, 0.25) is 0 Å². The summed E-state index contributed by atoms with van der Waals surface area (Å²) < 4.78 is 5.06. The third-order valence-electron chi connectivity index (χ3n) is 2.16. The highest BCUT2D eigenvalue weighted by Gasteiger charge is 2.14. The molecule has 1 N–H and O–H groups in total. The maximum Gasteiger partial charge on any atom is 0.255 e. The second-order valence-corrected chi connectivity index (χ2v) is 4.53. The minimum atomic E-state index is -0.105. The smallest absolute Gasteiger partial charge is 0.255 e. The SMILES string of the molecule is Cc1occc1C(=O)NC(C)CC(C)Cl. The minimum Gasteiger partial charge on any atom is -0.469 e. The zero-order valence-corrected chi connectivity index (χ0v) is 9.97. The number of carbonyl (C=O) groups is 1. The molecule has 1 aromatic rings. The van der Waals surface area contributed by atoms with Crippen molar-refractivity contribution in [3.8, 4) is 0 Å². The lowest BCUT2D eigenvalue weighted by molar-refractivity contribution is 0.0937. The van der Waals surface area contributed by atoms with E-state index in [9.17, 15) is 4.79 Å². The predicted octanol–water partition coefficient (Wildman–Crippen LogP) is 2.72. The van der Waals surface area contributed by atoms with E-state index in [1.807, 2.05) is 13.8 Å². The van der Waals surface area contributed by atoms with Gasteiger partial charge in [-0.25, -0.2) is 0 Å². The van der Waals surface area contributed by atoms with Gasteiger partial charge in [0, 0.05) is 11.4 Å². The van der Waals surface area contributed by atoms with Crippen molar-refractivity contribution in [3.63, 3.8) is 0 Å². The summed E-state index contributed by atoms with van der Waals surface area (Å²) in [4.78, 5) is 11.7. The van der Waals surface area contributed by atoms with E-state index in [1.54, 1.807) is 13.0 Å². The molecule has 1 aromatic heterocycles. The van der Waals surface area contributed by atoms with Crippen LogP contribution in [0.5, 0.6) is 0 Å². The first-order chi connectivity index (χ1) is 7.00. The van der Waals surface area contributed by atoms with Crippen LogP contribution in [0.1, 0.15) is 36.4 Å². The van der Waals surface area contributed by atoms with Crippen LogP contribution in [-0.2, 0) is 0 Å². The van der Waals surface area contributed by atoms with Gasteiger partial charge in [0.15, 0.2) is 0 Å². The lowest BCUT2D eigenvalue weighted by Crippen LogP contribution is -2.34. The number of nitrogens with one attached hydrogen (secondary N) is 1. The normalized spacial score (nSPS) is 14.7. The van der Waals surface area contributed by atoms with Crippen molar-refractivity contribution in [3.05, 3.63) is 23.7 Å². The third-order valence-corrected chi connectivity index (χ3v) is 2.34. The monoisotopic (exact) mass is 229 g/mol. The summed E-state index contributed by atoms with van der Waals surface area (Å²) >= 11 is 5.84. The predicted molar refractivity (Wildman–Crippen MR) is 60.3 cm³/mol. The quantitative estimate of drug-likeness (QED) is 0.807. The molecule has 0 aliphatic heterocycles. The molecule has 0 spiro atoms. The molecule has 15 heavy (non-hydrogen) atoms. The molecule has 1 heterocycles. The number of carbonyl (C=O) groups excluding carboxylic acids is 1. The van der Waals surface area contributed by atoms with Crippen LogP contribution in [0.15, 0.2) is 16.7 Å². The van der Waals surface area contributed by atoms with Crippen LogP contribution < -0.4 is 5.32 Å². The molecule has 2 atom stereocenters. The summed E-state index contributed by atoms with van der Waals surface area (Å²) in [7, 11) is 0. The first kappa shape index (κ1) is 12.1. The number of rotatable bonds is 4. The molecular formula is C11H16ClNO2. The van der Waals surface area contributed by atoms with Gasteiger partial charge in [-0.15, -0.1) is 11.6 Å². The van der Waals surface area contributed by atoms with Gasteiger partial charge in [-0.1, -0.05) is 0 Å². The Balaban J connectivity index is 2.53. The average molecular weight is 230 g/mol. The molecule has 0 radical (unpaired) electrons. The van der Waals surface area contributed by atoms with E-state index in [4.69, 9.17) is 16.0 Å². The highest BCUT2D eigenvalue weighted by atomic mass is 35.5. The number of halogens is 1. The molecule has 0 fully saturated rings. The van der Waals surface area contributed by atoms with Crippen LogP contribution in [0.4, 0.5) is 0 Å². The molecule has 0 aromatic carbocycles. The van der Waals surface area contributed by atoms with Crippen LogP contribution in [0, 0.1) is 6.92 Å². The van der Waals surface area contributed by atoms with E-state index in [0.717, 1.165) is 6.42 Å². The Morgan fingerprint density at radius 1 is 1.60 bits per heavy atom. The van der Waals surface area contributed by atoms with E-state index in [2.05, 4.69) is 5.32 Å². The maximum absolute atomic E-state index is 11.7. The molecule has 4 heteroatoms. The molecule has 1 amide bonds. The van der Waals surface area contributed by atoms with Gasteiger partial charge in [0.1, 0.15) is 5.76 Å². The Morgan fingerprint density at radius 3 is 2.73 bits per heavy atom. The summed E-state index contributed by atoms with van der Waals surface area (Å²) in [6.07, 6.45) is 2.27. The van der Waals surface area contributed by atoms with Crippen molar-refractivity contribution in [2.45, 2.75) is 38.6 Å². The Hall–Kier alpha value is -0.960. The number of amides is 1. The number of hydrogen-bond donors (Lipinski definition) is 1. The van der Waals surface area contributed by atoms with Gasteiger partial charge in [0.2, 0.25) is 0 Å². The van der Waals surface area contributed by atoms with Crippen molar-refractivity contribution in [2.24, 2.45) is 0 Å². The van der Waals surface area contributed by atoms with E-state index < -0.39 is 0 Å². The lowest BCUT2D eigenvalue weighted by atomic mass is 10.1. The maximum atomic E-state index is 11.7. The highest BCUT2D eigenvalue weighted by Crippen LogP contribution is 2.10. The third kappa shape index (κ3) is 3.59. The van der Waals surface area contributed by atoms with E-state index in [0.29, 0.717) is 11.3 Å². The number of furan rings is 1. The standard InChI is InChI=1S/C11H16ClNO2/c1-7(12)6-8(2)13-11(14)10-4-5-15-9(10)3/h4-5,7-8H,6H2,1-3H3,(H,13,14). The molecular weight excluding hydrogens is 214 g/mol. The van der Waals surface area contributed by atoms with Crippen molar-refractivity contribution < 1.29 is 9.21 Å². The molecule has 3 nitrogen and oxygen atoms in total. The van der Waals surface area contributed by atoms with Gasteiger partial charge in [-0.2, -0.15) is 0 Å². The first-order valence-electron chi connectivity index (χ1n) is 4.99. The van der Waals surface area contributed by atoms with Crippen LogP contribution in [0.3, 0.4) is 0 Å². The molecule has 0 bridgehead atoms. The van der Waals surface area contributed by atoms with Gasteiger partial charge in [-0.3, -0.25) is 4.79 Å². The van der Waals surface area contributed by atoms with Crippen LogP contribution >= 0.6 is 11.6 Å². The van der Waals surface area contributed by atoms with Crippen molar-refractivity contribution in [2.75, 3.05) is 0 Å². The first-order valence-corrected chi connectivity index (χ1v) is 5.43. The molecule has 1 rings (SSSR count). The fraction of sp³-hybridized carbons (Fsp3) is 0.545. The fourth-order valence-electron chi connectivity index (χ4n) is 1.47. The van der Waals surface area contributed by atoms with Crippen molar-refractivity contribution in [1.82, 2.24) is 5.32 Å². The van der Waals surface area contributed by atoms with Crippen molar-refractivity contribution in [1.29, 1.82) is 0 Å². The molecule has 2 unspecified atom stereocenters. The summed E-state index contributed by atoms with van der Waals surface area (Å²) in [5.74, 6) is 0.532. The van der Waals surface area contributed by atoms with Gasteiger partial charge >= 0.3 is 0 Å². The lowest BCUT2D eigenvalue weighted by Gasteiger charge is -2.14. The summed E-state index contributed by atoms with van der Waals surface area (Å²) in [6, 6.07) is 1.74. The Kier molecular flexibility index (Phi) is 4.21. The van der Waals surface area contributed by atoms with E-state index >= 15 is 0 Å². The van der Waals surface area contributed by atoms with Crippen LogP contribution in [-0.4, -0.2) is 17.3 Å². The zero-order valence-electron chi connectivity index (χ0n) is 9.21. The second kappa shape index (κ2) is 5.21. The highest BCUT2D eigenvalue weighted by molar-refractivity contribution is 6.20. The Bertz CT molecular complexity index is 333. The second-order valence-electron chi connectivity index (χ2n) is 3.78. The largest absolute Gasteiger partial charge is 0.469 e. The number of hydrogen-bond acceptors (Lipinski definition) is 2. The van der Waals surface area contributed by atoms with Crippen molar-refractivity contribution >= 4 is 17.5 Å². The van der Waals surface area contributed by atoms with E-state index in [-0.39, 0.29) is 17.3 Å². The summed E-state index contributed by atoms with van der Waals surface area (Å²) in [5.41, 5.74) is 0.587. The minimum absolute atomic E-state index is 0.0609. The molecule has 84 valence electrons. The topological polar surface area (TPSA) is 42.2 Å². The van der Waals surface area contributed by atoms with Gasteiger partial charge in [-0.05, 0) is 33.3 Å². The van der Waals surface area contributed by atoms with Gasteiger partial charge in [0.25, 0.3) is 5.91 Å². The zero-order chi connectivity index (χ0) is 11.4. The average Bonchev–Trinajstić information content (AvgIpc) is 2.49. The number of aryl methyl sites for hydroxylation is 1. The van der Waals surface area contributed by atoms with Gasteiger partial charge < -0.3 is 9.73 Å². The molecule has 0 saturated carbocycles.